The zero-order valence-electron chi connectivity index (χ0n) is 14.8. The lowest BCUT2D eigenvalue weighted by molar-refractivity contribution is -0.129. The third-order valence-corrected chi connectivity index (χ3v) is 7.50. The fraction of sp³-hybridized carbons (Fsp3) is 0.632. The maximum Gasteiger partial charge on any atom is 0.233 e. The Bertz CT molecular complexity index is 817. The summed E-state index contributed by atoms with van der Waals surface area (Å²) in [7, 11) is 0. The summed E-state index contributed by atoms with van der Waals surface area (Å²) in [6.45, 7) is 2.63. The SMILES string of the molecule is O=C(CSc1nnc2ccccn12)N1CC2(CCOCC2)[C@@H]2CCC[C@@H]21. The molecule has 138 valence electrons. The molecule has 26 heavy (non-hydrogen) atoms. The second-order valence-electron chi connectivity index (χ2n) is 7.80. The molecule has 7 heteroatoms. The normalized spacial score (nSPS) is 27.3. The molecule has 0 unspecified atom stereocenters. The predicted molar refractivity (Wildman–Crippen MR) is 99.0 cm³/mol. The molecule has 3 fully saturated rings. The third-order valence-electron chi connectivity index (χ3n) is 6.57. The number of ether oxygens (including phenoxy) is 1. The van der Waals surface area contributed by atoms with Gasteiger partial charge in [-0.25, -0.2) is 0 Å². The van der Waals surface area contributed by atoms with Crippen molar-refractivity contribution in [3.05, 3.63) is 24.4 Å². The van der Waals surface area contributed by atoms with Crippen molar-refractivity contribution >= 4 is 23.3 Å². The molecular weight excluding hydrogens is 348 g/mol. The molecule has 2 atom stereocenters. The highest BCUT2D eigenvalue weighted by Crippen LogP contribution is 2.53. The first-order chi connectivity index (χ1) is 12.8. The summed E-state index contributed by atoms with van der Waals surface area (Å²) < 4.78 is 7.56. The number of hydrogen-bond acceptors (Lipinski definition) is 5. The molecule has 1 amide bonds. The Hall–Kier alpha value is -1.60. The second kappa shape index (κ2) is 6.53. The fourth-order valence-electron chi connectivity index (χ4n) is 5.31. The molecule has 2 aromatic heterocycles. The van der Waals surface area contributed by atoms with E-state index in [1.54, 1.807) is 0 Å². The first-order valence-corrected chi connectivity index (χ1v) is 10.6. The largest absolute Gasteiger partial charge is 0.381 e. The van der Waals surface area contributed by atoms with Crippen LogP contribution in [0.25, 0.3) is 5.65 Å². The summed E-state index contributed by atoms with van der Waals surface area (Å²) in [5.74, 6) is 1.36. The summed E-state index contributed by atoms with van der Waals surface area (Å²) in [4.78, 5) is 15.3. The Morgan fingerprint density at radius 3 is 3.04 bits per heavy atom. The quantitative estimate of drug-likeness (QED) is 0.775. The standard InChI is InChI=1S/C19H24N4O2S/c24-17(12-26-18-21-20-16-6-1-2-9-22(16)18)23-13-19(7-10-25-11-8-19)14-4-3-5-15(14)23/h1-2,6,9,14-15H,3-5,7-8,10-13H2/t14-,15+/m1/s1. The number of pyridine rings is 1. The highest BCUT2D eigenvalue weighted by atomic mass is 32.2. The fourth-order valence-corrected chi connectivity index (χ4v) is 6.12. The number of aromatic nitrogens is 3. The lowest BCUT2D eigenvalue weighted by atomic mass is 9.71. The second-order valence-corrected chi connectivity index (χ2v) is 8.74. The number of hydrogen-bond donors (Lipinski definition) is 0. The average molecular weight is 372 g/mol. The number of thioether (sulfide) groups is 1. The van der Waals surface area contributed by atoms with Gasteiger partial charge in [0.15, 0.2) is 10.8 Å². The summed E-state index contributed by atoms with van der Waals surface area (Å²) in [5.41, 5.74) is 1.13. The van der Waals surface area contributed by atoms with E-state index in [9.17, 15) is 4.79 Å². The summed E-state index contributed by atoms with van der Waals surface area (Å²) in [5, 5.41) is 9.19. The van der Waals surface area contributed by atoms with E-state index < -0.39 is 0 Å². The molecule has 6 nitrogen and oxygen atoms in total. The average Bonchev–Trinajstić information content (AvgIpc) is 3.37. The molecule has 4 heterocycles. The Labute approximate surface area is 157 Å². The van der Waals surface area contributed by atoms with Gasteiger partial charge in [-0.1, -0.05) is 24.2 Å². The van der Waals surface area contributed by atoms with Gasteiger partial charge >= 0.3 is 0 Å². The molecule has 1 saturated carbocycles. The molecule has 2 saturated heterocycles. The van der Waals surface area contributed by atoms with Crippen LogP contribution in [0.1, 0.15) is 32.1 Å². The number of likely N-dealkylation sites (tertiary alicyclic amines) is 1. The Balaban J connectivity index is 1.31. The number of carbonyl (C=O) groups excluding carboxylic acids is 1. The molecule has 2 aromatic rings. The van der Waals surface area contributed by atoms with E-state index in [2.05, 4.69) is 15.1 Å². The lowest BCUT2D eigenvalue weighted by Crippen LogP contribution is -2.39. The molecule has 2 aliphatic heterocycles. The van der Waals surface area contributed by atoms with E-state index in [4.69, 9.17) is 4.74 Å². The minimum Gasteiger partial charge on any atom is -0.381 e. The van der Waals surface area contributed by atoms with Crippen molar-refractivity contribution in [3.63, 3.8) is 0 Å². The number of carbonyl (C=O) groups is 1. The third kappa shape index (κ3) is 2.63. The highest BCUT2D eigenvalue weighted by Gasteiger charge is 2.55. The molecule has 5 rings (SSSR count). The molecule has 0 bridgehead atoms. The van der Waals surface area contributed by atoms with Gasteiger partial charge in [0.05, 0.1) is 5.75 Å². The monoisotopic (exact) mass is 372 g/mol. The molecule has 0 aromatic carbocycles. The van der Waals surface area contributed by atoms with E-state index >= 15 is 0 Å². The van der Waals surface area contributed by atoms with Crippen molar-refractivity contribution in [1.29, 1.82) is 0 Å². The van der Waals surface area contributed by atoms with E-state index in [1.807, 2.05) is 28.8 Å². The topological polar surface area (TPSA) is 59.7 Å². The van der Waals surface area contributed by atoms with Crippen LogP contribution in [0.15, 0.2) is 29.6 Å². The van der Waals surface area contributed by atoms with Gasteiger partial charge < -0.3 is 9.64 Å². The molecular formula is C19H24N4O2S. The van der Waals surface area contributed by atoms with Crippen LogP contribution in [0.2, 0.25) is 0 Å². The van der Waals surface area contributed by atoms with Gasteiger partial charge in [0.2, 0.25) is 5.91 Å². The number of fused-ring (bicyclic) bond motifs is 3. The van der Waals surface area contributed by atoms with E-state index in [1.165, 1.54) is 24.6 Å². The van der Waals surface area contributed by atoms with Gasteiger partial charge in [-0.3, -0.25) is 9.20 Å². The molecule has 1 aliphatic carbocycles. The van der Waals surface area contributed by atoms with Crippen LogP contribution in [-0.2, 0) is 9.53 Å². The molecule has 3 aliphatic rings. The summed E-state index contributed by atoms with van der Waals surface area (Å²) in [6, 6.07) is 6.27. The maximum atomic E-state index is 13.1. The van der Waals surface area contributed by atoms with E-state index in [0.717, 1.165) is 49.8 Å². The highest BCUT2D eigenvalue weighted by molar-refractivity contribution is 7.99. The zero-order valence-corrected chi connectivity index (χ0v) is 15.7. The Kier molecular flexibility index (Phi) is 4.16. The van der Waals surface area contributed by atoms with Gasteiger partial charge in [0, 0.05) is 32.0 Å². The van der Waals surface area contributed by atoms with Crippen molar-refractivity contribution < 1.29 is 9.53 Å². The number of amides is 1. The van der Waals surface area contributed by atoms with Gasteiger partial charge in [0.25, 0.3) is 0 Å². The van der Waals surface area contributed by atoms with Gasteiger partial charge in [-0.2, -0.15) is 0 Å². The van der Waals surface area contributed by atoms with Crippen molar-refractivity contribution in [2.24, 2.45) is 11.3 Å². The summed E-state index contributed by atoms with van der Waals surface area (Å²) >= 11 is 1.49. The lowest BCUT2D eigenvalue weighted by Gasteiger charge is -2.37. The molecule has 0 radical (unpaired) electrons. The van der Waals surface area contributed by atoms with Crippen molar-refractivity contribution in [2.45, 2.75) is 43.3 Å². The number of rotatable bonds is 3. The molecule has 0 N–H and O–H groups in total. The van der Waals surface area contributed by atoms with Crippen molar-refractivity contribution in [3.8, 4) is 0 Å². The van der Waals surface area contributed by atoms with Gasteiger partial charge in [-0.15, -0.1) is 10.2 Å². The van der Waals surface area contributed by atoms with Gasteiger partial charge in [-0.05, 0) is 49.1 Å². The minimum atomic E-state index is 0.253. The predicted octanol–water partition coefficient (Wildman–Crippen LogP) is 2.63. The first kappa shape index (κ1) is 16.6. The van der Waals surface area contributed by atoms with Crippen LogP contribution in [0.3, 0.4) is 0 Å². The first-order valence-electron chi connectivity index (χ1n) is 9.57. The van der Waals surface area contributed by atoms with Crippen LogP contribution in [0.5, 0.6) is 0 Å². The van der Waals surface area contributed by atoms with Gasteiger partial charge in [0.1, 0.15) is 0 Å². The minimum absolute atomic E-state index is 0.253. The maximum absolute atomic E-state index is 13.1. The molecule has 1 spiro atoms. The van der Waals surface area contributed by atoms with Crippen LogP contribution < -0.4 is 0 Å². The van der Waals surface area contributed by atoms with E-state index in [0.29, 0.717) is 23.1 Å². The van der Waals surface area contributed by atoms with E-state index in [-0.39, 0.29) is 5.91 Å². The Morgan fingerprint density at radius 1 is 1.27 bits per heavy atom. The van der Waals surface area contributed by atoms with Crippen molar-refractivity contribution in [1.82, 2.24) is 19.5 Å². The number of nitrogens with zero attached hydrogens (tertiary/aromatic N) is 4. The zero-order chi connectivity index (χ0) is 17.6. The van der Waals surface area contributed by atoms with Crippen LogP contribution >= 0.6 is 11.8 Å². The Morgan fingerprint density at radius 2 is 2.15 bits per heavy atom. The van der Waals surface area contributed by atoms with Crippen LogP contribution in [0, 0.1) is 11.3 Å². The smallest absolute Gasteiger partial charge is 0.233 e. The summed E-state index contributed by atoms with van der Waals surface area (Å²) in [6.07, 6.45) is 7.86. The van der Waals surface area contributed by atoms with Crippen LogP contribution in [-0.4, -0.2) is 57.0 Å². The van der Waals surface area contributed by atoms with Crippen LogP contribution in [0.4, 0.5) is 0 Å². The van der Waals surface area contributed by atoms with Crippen molar-refractivity contribution in [2.75, 3.05) is 25.5 Å².